The first-order valence-electron chi connectivity index (χ1n) is 7.89. The SMILES string of the molecule is CCCC(CBr)(CBr)Cc1ccn(C2CCCCC2)n1. The Hall–Kier alpha value is 0.170. The summed E-state index contributed by atoms with van der Waals surface area (Å²) < 4.78 is 2.23. The molecule has 0 radical (unpaired) electrons. The van der Waals surface area contributed by atoms with Gasteiger partial charge in [0.1, 0.15) is 0 Å². The van der Waals surface area contributed by atoms with Gasteiger partial charge in [-0.1, -0.05) is 64.5 Å². The Morgan fingerprint density at radius 2 is 1.95 bits per heavy atom. The summed E-state index contributed by atoms with van der Waals surface area (Å²) in [4.78, 5) is 0. The molecular weight excluding hydrogens is 380 g/mol. The summed E-state index contributed by atoms with van der Waals surface area (Å²) >= 11 is 7.42. The maximum absolute atomic E-state index is 4.87. The van der Waals surface area contributed by atoms with Crippen molar-refractivity contribution in [3.63, 3.8) is 0 Å². The first-order valence-corrected chi connectivity index (χ1v) is 10.1. The molecular formula is C16H26Br2N2. The van der Waals surface area contributed by atoms with Crippen LogP contribution in [0.5, 0.6) is 0 Å². The number of hydrogen-bond acceptors (Lipinski definition) is 1. The molecule has 0 aromatic carbocycles. The Kier molecular flexibility index (Phi) is 6.60. The van der Waals surface area contributed by atoms with Crippen LogP contribution in [0.2, 0.25) is 0 Å². The highest BCUT2D eigenvalue weighted by Gasteiger charge is 2.28. The first kappa shape index (κ1) is 16.5. The molecule has 0 atom stereocenters. The lowest BCUT2D eigenvalue weighted by atomic mass is 9.83. The molecule has 1 heterocycles. The summed E-state index contributed by atoms with van der Waals surface area (Å²) in [5.41, 5.74) is 1.56. The van der Waals surface area contributed by atoms with Crippen LogP contribution >= 0.6 is 31.9 Å². The highest BCUT2D eigenvalue weighted by Crippen LogP contribution is 2.33. The molecule has 0 spiro atoms. The van der Waals surface area contributed by atoms with Gasteiger partial charge in [-0.3, -0.25) is 4.68 Å². The van der Waals surface area contributed by atoms with E-state index in [1.54, 1.807) is 0 Å². The van der Waals surface area contributed by atoms with Gasteiger partial charge in [0.05, 0.1) is 11.7 Å². The third-order valence-electron chi connectivity index (χ3n) is 4.52. The van der Waals surface area contributed by atoms with E-state index in [0.717, 1.165) is 17.1 Å². The van der Waals surface area contributed by atoms with E-state index in [9.17, 15) is 0 Å². The molecule has 0 aliphatic heterocycles. The lowest BCUT2D eigenvalue weighted by Gasteiger charge is -2.29. The second-order valence-electron chi connectivity index (χ2n) is 6.27. The number of aromatic nitrogens is 2. The minimum absolute atomic E-state index is 0.306. The van der Waals surface area contributed by atoms with Crippen molar-refractivity contribution in [2.24, 2.45) is 5.41 Å². The van der Waals surface area contributed by atoms with Gasteiger partial charge in [-0.15, -0.1) is 0 Å². The van der Waals surface area contributed by atoms with Crippen molar-refractivity contribution >= 4 is 31.9 Å². The Balaban J connectivity index is 2.03. The minimum atomic E-state index is 0.306. The first-order chi connectivity index (χ1) is 9.73. The van der Waals surface area contributed by atoms with E-state index >= 15 is 0 Å². The van der Waals surface area contributed by atoms with Crippen LogP contribution in [0.15, 0.2) is 12.3 Å². The standard InChI is InChI=1S/C16H26Br2N2/c1-2-9-16(12-17,13-18)11-14-8-10-20(19-14)15-6-4-3-5-7-15/h8,10,15H,2-7,9,11-13H2,1H3. The second-order valence-corrected chi connectivity index (χ2v) is 7.39. The van der Waals surface area contributed by atoms with Gasteiger partial charge in [-0.05, 0) is 37.2 Å². The smallest absolute Gasteiger partial charge is 0.0630 e. The normalized spacial score (nSPS) is 17.6. The van der Waals surface area contributed by atoms with Crippen LogP contribution < -0.4 is 0 Å². The largest absolute Gasteiger partial charge is 0.269 e. The average Bonchev–Trinajstić information content (AvgIpc) is 2.96. The summed E-state index contributed by atoms with van der Waals surface area (Å²) in [6, 6.07) is 2.87. The fourth-order valence-corrected chi connectivity index (χ4v) is 5.17. The third-order valence-corrected chi connectivity index (χ3v) is 6.89. The molecule has 114 valence electrons. The van der Waals surface area contributed by atoms with Crippen LogP contribution in [-0.4, -0.2) is 20.4 Å². The third kappa shape index (κ3) is 4.09. The molecule has 0 bridgehead atoms. The fourth-order valence-electron chi connectivity index (χ4n) is 3.29. The van der Waals surface area contributed by atoms with E-state index in [1.807, 2.05) is 0 Å². The van der Waals surface area contributed by atoms with E-state index in [1.165, 1.54) is 50.6 Å². The molecule has 0 unspecified atom stereocenters. The molecule has 2 rings (SSSR count). The Labute approximate surface area is 140 Å². The van der Waals surface area contributed by atoms with Crippen molar-refractivity contribution < 1.29 is 0 Å². The Morgan fingerprint density at radius 3 is 2.55 bits per heavy atom. The second kappa shape index (κ2) is 7.98. The van der Waals surface area contributed by atoms with Gasteiger partial charge in [-0.25, -0.2) is 0 Å². The number of hydrogen-bond donors (Lipinski definition) is 0. The van der Waals surface area contributed by atoms with Gasteiger partial charge in [0.15, 0.2) is 0 Å². The molecule has 1 fully saturated rings. The summed E-state index contributed by atoms with van der Waals surface area (Å²) in [6.45, 7) is 2.26. The monoisotopic (exact) mass is 404 g/mol. The molecule has 0 N–H and O–H groups in total. The van der Waals surface area contributed by atoms with Gasteiger partial charge in [0.25, 0.3) is 0 Å². The van der Waals surface area contributed by atoms with Gasteiger partial charge < -0.3 is 0 Å². The fraction of sp³-hybridized carbons (Fsp3) is 0.812. The van der Waals surface area contributed by atoms with Crippen molar-refractivity contribution in [2.45, 2.75) is 64.3 Å². The highest BCUT2D eigenvalue weighted by molar-refractivity contribution is 9.09. The van der Waals surface area contributed by atoms with Crippen molar-refractivity contribution in [2.75, 3.05) is 10.7 Å². The number of halogens is 2. The maximum Gasteiger partial charge on any atom is 0.0630 e. The highest BCUT2D eigenvalue weighted by atomic mass is 79.9. The zero-order valence-corrected chi connectivity index (χ0v) is 15.6. The van der Waals surface area contributed by atoms with Gasteiger partial charge in [0.2, 0.25) is 0 Å². The molecule has 1 aromatic rings. The number of alkyl halides is 2. The lowest BCUT2D eigenvalue weighted by molar-refractivity contribution is 0.319. The van der Waals surface area contributed by atoms with E-state index in [4.69, 9.17) is 5.10 Å². The topological polar surface area (TPSA) is 17.8 Å². The van der Waals surface area contributed by atoms with E-state index in [2.05, 4.69) is 55.7 Å². The predicted molar refractivity (Wildman–Crippen MR) is 93.0 cm³/mol. The number of nitrogens with zero attached hydrogens (tertiary/aromatic N) is 2. The molecule has 20 heavy (non-hydrogen) atoms. The van der Waals surface area contributed by atoms with E-state index in [0.29, 0.717) is 11.5 Å². The molecule has 1 saturated carbocycles. The van der Waals surface area contributed by atoms with Gasteiger partial charge >= 0.3 is 0 Å². The quantitative estimate of drug-likeness (QED) is 0.547. The summed E-state index contributed by atoms with van der Waals surface area (Å²) in [7, 11) is 0. The van der Waals surface area contributed by atoms with Gasteiger partial charge in [0, 0.05) is 16.9 Å². The molecule has 0 saturated heterocycles. The molecule has 0 amide bonds. The molecule has 1 aliphatic rings. The molecule has 4 heteroatoms. The summed E-state index contributed by atoms with van der Waals surface area (Å²) in [5.74, 6) is 0. The van der Waals surface area contributed by atoms with Crippen LogP contribution in [0.25, 0.3) is 0 Å². The van der Waals surface area contributed by atoms with Crippen molar-refractivity contribution in [3.05, 3.63) is 18.0 Å². The van der Waals surface area contributed by atoms with Crippen LogP contribution in [0.3, 0.4) is 0 Å². The average molecular weight is 406 g/mol. The van der Waals surface area contributed by atoms with Crippen molar-refractivity contribution in [1.29, 1.82) is 0 Å². The number of rotatable bonds is 7. The summed E-state index contributed by atoms with van der Waals surface area (Å²) in [6.07, 6.45) is 12.5. The zero-order chi connectivity index (χ0) is 14.4. The van der Waals surface area contributed by atoms with E-state index < -0.39 is 0 Å². The van der Waals surface area contributed by atoms with Gasteiger partial charge in [-0.2, -0.15) is 5.10 Å². The van der Waals surface area contributed by atoms with E-state index in [-0.39, 0.29) is 0 Å². The van der Waals surface area contributed by atoms with Crippen LogP contribution in [0, 0.1) is 5.41 Å². The maximum atomic E-state index is 4.87. The predicted octanol–water partition coefficient (Wildman–Crippen LogP) is 5.51. The van der Waals surface area contributed by atoms with Crippen molar-refractivity contribution in [3.8, 4) is 0 Å². The lowest BCUT2D eigenvalue weighted by Crippen LogP contribution is -2.28. The Morgan fingerprint density at radius 1 is 1.25 bits per heavy atom. The molecule has 2 nitrogen and oxygen atoms in total. The van der Waals surface area contributed by atoms with Crippen LogP contribution in [0.1, 0.15) is 63.6 Å². The van der Waals surface area contributed by atoms with Crippen LogP contribution in [0.4, 0.5) is 0 Å². The molecule has 1 aromatic heterocycles. The van der Waals surface area contributed by atoms with Crippen molar-refractivity contribution in [1.82, 2.24) is 9.78 Å². The molecule has 1 aliphatic carbocycles. The zero-order valence-electron chi connectivity index (χ0n) is 12.5. The minimum Gasteiger partial charge on any atom is -0.269 e. The van der Waals surface area contributed by atoms with Crippen LogP contribution in [-0.2, 0) is 6.42 Å². The Bertz CT molecular complexity index is 393. The summed E-state index contributed by atoms with van der Waals surface area (Å²) in [5, 5.41) is 6.95.